The molecule has 0 fully saturated rings. The van der Waals surface area contributed by atoms with Gasteiger partial charge in [0.05, 0.1) is 12.1 Å². The summed E-state index contributed by atoms with van der Waals surface area (Å²) in [7, 11) is 0. The second-order valence-electron chi connectivity index (χ2n) is 3.53. The van der Waals surface area contributed by atoms with Crippen LogP contribution in [0.3, 0.4) is 0 Å². The molecule has 1 aromatic carbocycles. The van der Waals surface area contributed by atoms with Gasteiger partial charge in [-0.15, -0.1) is 0 Å². The maximum atomic E-state index is 11.5. The lowest BCUT2D eigenvalue weighted by molar-refractivity contribution is 0.0512. The molecule has 0 bridgehead atoms. The van der Waals surface area contributed by atoms with Crippen LogP contribution < -0.4 is 0 Å². The molecule has 88 valence electrons. The summed E-state index contributed by atoms with van der Waals surface area (Å²) in [6.07, 6.45) is 0. The summed E-state index contributed by atoms with van der Waals surface area (Å²) < 4.78 is 4.85. The number of carbonyl (C=O) groups is 1. The minimum Gasteiger partial charge on any atom is -0.460 e. The molecule has 0 aliphatic rings. The summed E-state index contributed by atoms with van der Waals surface area (Å²) in [4.78, 5) is 19.7. The fraction of sp³-hybridized carbons (Fsp3) is 0.250. The number of benzene rings is 1. The highest BCUT2D eigenvalue weighted by Crippen LogP contribution is 2.22. The van der Waals surface area contributed by atoms with E-state index in [4.69, 9.17) is 16.3 Å². The molecular weight excluding hydrogens is 240 g/mol. The van der Waals surface area contributed by atoms with Gasteiger partial charge in [-0.25, -0.2) is 14.8 Å². The Bertz CT molecular complexity index is 584. The van der Waals surface area contributed by atoms with Crippen molar-refractivity contribution in [2.45, 2.75) is 13.8 Å². The largest absolute Gasteiger partial charge is 0.460 e. The molecule has 0 spiro atoms. The van der Waals surface area contributed by atoms with E-state index in [9.17, 15) is 4.79 Å². The van der Waals surface area contributed by atoms with Gasteiger partial charge in [0.15, 0.2) is 0 Å². The van der Waals surface area contributed by atoms with Crippen molar-refractivity contribution in [3.8, 4) is 0 Å². The monoisotopic (exact) mass is 250 g/mol. The standard InChI is InChI=1S/C12H11ClN2O2/c1-3-17-12(16)11-14-9-7(2)5-4-6-8(9)10(13)15-11/h4-6H,3H2,1-2H3. The quantitative estimate of drug-likeness (QED) is 0.608. The van der Waals surface area contributed by atoms with E-state index in [2.05, 4.69) is 9.97 Å². The van der Waals surface area contributed by atoms with Crippen LogP contribution in [0.4, 0.5) is 0 Å². The summed E-state index contributed by atoms with van der Waals surface area (Å²) in [6.45, 7) is 3.91. The van der Waals surface area contributed by atoms with Gasteiger partial charge >= 0.3 is 5.97 Å². The van der Waals surface area contributed by atoms with Crippen molar-refractivity contribution in [1.82, 2.24) is 9.97 Å². The molecule has 5 heteroatoms. The van der Waals surface area contributed by atoms with Crippen molar-refractivity contribution < 1.29 is 9.53 Å². The Balaban J connectivity index is 2.62. The van der Waals surface area contributed by atoms with Gasteiger partial charge in [0.25, 0.3) is 0 Å². The van der Waals surface area contributed by atoms with Crippen molar-refractivity contribution in [2.75, 3.05) is 6.61 Å². The van der Waals surface area contributed by atoms with E-state index in [1.54, 1.807) is 6.92 Å². The van der Waals surface area contributed by atoms with Gasteiger partial charge in [0, 0.05) is 5.39 Å². The van der Waals surface area contributed by atoms with Gasteiger partial charge in [-0.3, -0.25) is 0 Å². The highest BCUT2D eigenvalue weighted by molar-refractivity contribution is 6.34. The number of hydrogen-bond acceptors (Lipinski definition) is 4. The van der Waals surface area contributed by atoms with Crippen LogP contribution in [0.1, 0.15) is 23.1 Å². The molecule has 2 rings (SSSR count). The first-order chi connectivity index (χ1) is 8.13. The normalized spacial score (nSPS) is 10.5. The molecule has 0 aliphatic carbocycles. The lowest BCUT2D eigenvalue weighted by Gasteiger charge is -2.05. The van der Waals surface area contributed by atoms with Crippen LogP contribution in [0.5, 0.6) is 0 Å². The predicted molar refractivity (Wildman–Crippen MR) is 65.2 cm³/mol. The maximum absolute atomic E-state index is 11.5. The Morgan fingerprint density at radius 1 is 1.41 bits per heavy atom. The molecule has 0 amide bonds. The van der Waals surface area contributed by atoms with E-state index in [1.807, 2.05) is 25.1 Å². The van der Waals surface area contributed by atoms with E-state index < -0.39 is 5.97 Å². The zero-order chi connectivity index (χ0) is 12.4. The number of esters is 1. The van der Waals surface area contributed by atoms with Crippen LogP contribution in [0, 0.1) is 6.92 Å². The number of carbonyl (C=O) groups excluding carboxylic acids is 1. The molecular formula is C12H11ClN2O2. The molecule has 0 saturated heterocycles. The number of halogens is 1. The van der Waals surface area contributed by atoms with Crippen molar-refractivity contribution >= 4 is 28.5 Å². The van der Waals surface area contributed by atoms with Crippen LogP contribution in [0.2, 0.25) is 5.15 Å². The molecule has 17 heavy (non-hydrogen) atoms. The van der Waals surface area contributed by atoms with Crippen LogP contribution >= 0.6 is 11.6 Å². The van der Waals surface area contributed by atoms with E-state index in [0.29, 0.717) is 5.52 Å². The molecule has 0 atom stereocenters. The third-order valence-corrected chi connectivity index (χ3v) is 2.63. The first-order valence-corrected chi connectivity index (χ1v) is 5.61. The van der Waals surface area contributed by atoms with Gasteiger partial charge in [0.2, 0.25) is 5.82 Å². The highest BCUT2D eigenvalue weighted by atomic mass is 35.5. The average Bonchev–Trinajstić information content (AvgIpc) is 2.30. The molecule has 2 aromatic rings. The second kappa shape index (κ2) is 4.67. The molecule has 0 saturated carbocycles. The molecule has 0 N–H and O–H groups in total. The Labute approximate surface area is 104 Å². The molecule has 4 nitrogen and oxygen atoms in total. The number of ether oxygens (including phenoxy) is 1. The minimum atomic E-state index is -0.556. The van der Waals surface area contributed by atoms with Crippen LogP contribution in [-0.2, 0) is 4.74 Å². The number of nitrogens with zero attached hydrogens (tertiary/aromatic N) is 2. The van der Waals surface area contributed by atoms with Gasteiger partial charge < -0.3 is 4.74 Å². The minimum absolute atomic E-state index is 0.00125. The smallest absolute Gasteiger partial charge is 0.376 e. The maximum Gasteiger partial charge on any atom is 0.376 e. The van der Waals surface area contributed by atoms with Gasteiger partial charge in [0.1, 0.15) is 5.15 Å². The summed E-state index contributed by atoms with van der Waals surface area (Å²) in [6, 6.07) is 5.59. The first kappa shape index (κ1) is 11.8. The third kappa shape index (κ3) is 2.22. The van der Waals surface area contributed by atoms with Crippen molar-refractivity contribution in [3.05, 3.63) is 34.7 Å². The van der Waals surface area contributed by atoms with Crippen LogP contribution in [0.25, 0.3) is 10.9 Å². The van der Waals surface area contributed by atoms with E-state index in [0.717, 1.165) is 10.9 Å². The highest BCUT2D eigenvalue weighted by Gasteiger charge is 2.14. The van der Waals surface area contributed by atoms with Crippen molar-refractivity contribution in [2.24, 2.45) is 0 Å². The molecule has 0 radical (unpaired) electrons. The Morgan fingerprint density at radius 3 is 2.88 bits per heavy atom. The fourth-order valence-electron chi connectivity index (χ4n) is 1.54. The van der Waals surface area contributed by atoms with E-state index in [-0.39, 0.29) is 17.6 Å². The number of aromatic nitrogens is 2. The number of rotatable bonds is 2. The summed E-state index contributed by atoms with van der Waals surface area (Å²) in [5.74, 6) is -0.557. The first-order valence-electron chi connectivity index (χ1n) is 5.23. The number of aryl methyl sites for hydroxylation is 1. The third-order valence-electron chi connectivity index (χ3n) is 2.34. The van der Waals surface area contributed by atoms with E-state index >= 15 is 0 Å². The summed E-state index contributed by atoms with van der Waals surface area (Å²) in [5.41, 5.74) is 1.62. The van der Waals surface area contributed by atoms with Gasteiger partial charge in [-0.2, -0.15) is 0 Å². The summed E-state index contributed by atoms with van der Waals surface area (Å²) in [5, 5.41) is 1.00. The van der Waals surface area contributed by atoms with E-state index in [1.165, 1.54) is 0 Å². The van der Waals surface area contributed by atoms with Crippen LogP contribution in [-0.4, -0.2) is 22.5 Å². The SMILES string of the molecule is CCOC(=O)c1nc(Cl)c2cccc(C)c2n1. The number of hydrogen-bond donors (Lipinski definition) is 0. The van der Waals surface area contributed by atoms with Gasteiger partial charge in [-0.1, -0.05) is 23.7 Å². The van der Waals surface area contributed by atoms with Crippen molar-refractivity contribution in [3.63, 3.8) is 0 Å². The molecule has 0 aliphatic heterocycles. The zero-order valence-corrected chi connectivity index (χ0v) is 10.3. The summed E-state index contributed by atoms with van der Waals surface area (Å²) >= 11 is 6.02. The number of para-hydroxylation sites is 1. The predicted octanol–water partition coefficient (Wildman–Crippen LogP) is 2.77. The lowest BCUT2D eigenvalue weighted by Crippen LogP contribution is -2.10. The van der Waals surface area contributed by atoms with Crippen LogP contribution in [0.15, 0.2) is 18.2 Å². The zero-order valence-electron chi connectivity index (χ0n) is 9.53. The molecule has 1 aromatic heterocycles. The lowest BCUT2D eigenvalue weighted by atomic mass is 10.1. The molecule has 0 unspecified atom stereocenters. The number of fused-ring (bicyclic) bond motifs is 1. The average molecular weight is 251 g/mol. The Hall–Kier alpha value is -1.68. The Kier molecular flexibility index (Phi) is 3.24. The second-order valence-corrected chi connectivity index (χ2v) is 3.89. The van der Waals surface area contributed by atoms with Gasteiger partial charge in [-0.05, 0) is 25.5 Å². The topological polar surface area (TPSA) is 52.1 Å². The Morgan fingerprint density at radius 2 is 2.18 bits per heavy atom. The van der Waals surface area contributed by atoms with Crippen molar-refractivity contribution in [1.29, 1.82) is 0 Å². The molecule has 1 heterocycles. The fourth-order valence-corrected chi connectivity index (χ4v) is 1.78.